The second-order valence-electron chi connectivity index (χ2n) is 8.39. The zero-order valence-electron chi connectivity index (χ0n) is 16.6. The van der Waals surface area contributed by atoms with Crippen LogP contribution in [0.4, 0.5) is 9.18 Å². The highest BCUT2D eigenvalue weighted by atomic mass is 19.1. The lowest BCUT2D eigenvalue weighted by Crippen LogP contribution is -2.40. The van der Waals surface area contributed by atoms with Gasteiger partial charge >= 0.3 is 6.09 Å². The lowest BCUT2D eigenvalue weighted by molar-refractivity contribution is 0.187. The van der Waals surface area contributed by atoms with E-state index in [-0.39, 0.29) is 23.4 Å². The van der Waals surface area contributed by atoms with Gasteiger partial charge in [-0.2, -0.15) is 0 Å². The van der Waals surface area contributed by atoms with E-state index < -0.39 is 6.09 Å². The summed E-state index contributed by atoms with van der Waals surface area (Å²) in [7, 11) is 0. The Balaban J connectivity index is 1.47. The smallest absolute Gasteiger partial charge is 0.404 e. The van der Waals surface area contributed by atoms with Crippen LogP contribution in [-0.2, 0) is 11.2 Å². The largest absolute Gasteiger partial charge is 0.465 e. The van der Waals surface area contributed by atoms with Crippen LogP contribution in [0.5, 0.6) is 0 Å². The van der Waals surface area contributed by atoms with Gasteiger partial charge in [-0.25, -0.2) is 14.2 Å². The van der Waals surface area contributed by atoms with Crippen LogP contribution in [0, 0.1) is 5.82 Å². The van der Waals surface area contributed by atoms with E-state index in [1.807, 2.05) is 24.3 Å². The van der Waals surface area contributed by atoms with Crippen LogP contribution >= 0.6 is 0 Å². The number of carbonyl (C=O) groups is 1. The minimum absolute atomic E-state index is 0.0934. The maximum Gasteiger partial charge on any atom is 0.404 e. The lowest BCUT2D eigenvalue weighted by Gasteiger charge is -2.38. The summed E-state index contributed by atoms with van der Waals surface area (Å²) < 4.78 is 19.7. The Hall–Kier alpha value is -3.09. The Morgan fingerprint density at radius 1 is 1.23 bits per heavy atom. The normalized spacial score (nSPS) is 27.5. The molecular formula is C23H24FN3O3. The molecule has 7 heteroatoms. The van der Waals surface area contributed by atoms with E-state index in [9.17, 15) is 9.18 Å². The van der Waals surface area contributed by atoms with Crippen molar-refractivity contribution in [2.75, 3.05) is 13.2 Å². The van der Waals surface area contributed by atoms with E-state index in [1.165, 1.54) is 23.3 Å². The number of benzene rings is 2. The van der Waals surface area contributed by atoms with Crippen molar-refractivity contribution in [3.05, 3.63) is 71.0 Å². The molecule has 2 aromatic carbocycles. The molecule has 0 aromatic heterocycles. The van der Waals surface area contributed by atoms with Gasteiger partial charge in [0.05, 0.1) is 6.04 Å². The van der Waals surface area contributed by atoms with Crippen LogP contribution in [0.2, 0.25) is 0 Å². The van der Waals surface area contributed by atoms with E-state index in [4.69, 9.17) is 14.8 Å². The molecule has 2 aliphatic heterocycles. The first-order valence-corrected chi connectivity index (χ1v) is 10.4. The molecule has 0 unspecified atom stereocenters. The topological polar surface area (TPSA) is 74.2 Å². The first-order valence-electron chi connectivity index (χ1n) is 10.4. The summed E-state index contributed by atoms with van der Waals surface area (Å²) in [6.07, 6.45) is 2.09. The number of rotatable bonds is 2. The van der Waals surface area contributed by atoms with Gasteiger partial charge in [-0.15, -0.1) is 0 Å². The fraction of sp³-hybridized carbons (Fsp3) is 0.391. The van der Waals surface area contributed by atoms with Gasteiger partial charge < -0.3 is 20.1 Å². The van der Waals surface area contributed by atoms with Crippen molar-refractivity contribution >= 4 is 12.1 Å². The maximum atomic E-state index is 13.6. The van der Waals surface area contributed by atoms with Crippen molar-refractivity contribution in [2.24, 2.45) is 4.99 Å². The number of carboxylic acid groups (broad SMARTS) is 1. The monoisotopic (exact) mass is 409 g/mol. The summed E-state index contributed by atoms with van der Waals surface area (Å²) in [5, 5.41) is 11.6. The van der Waals surface area contributed by atoms with Crippen LogP contribution in [0.15, 0.2) is 53.5 Å². The molecule has 0 radical (unpaired) electrons. The molecule has 1 saturated carbocycles. The number of nitrogens with zero attached hydrogens (tertiary/aromatic N) is 2. The van der Waals surface area contributed by atoms with Crippen molar-refractivity contribution in [3.63, 3.8) is 0 Å². The first kappa shape index (κ1) is 18.9. The Bertz CT molecular complexity index is 993. The minimum atomic E-state index is -0.996. The fourth-order valence-corrected chi connectivity index (χ4v) is 5.03. The van der Waals surface area contributed by atoms with E-state index >= 15 is 0 Å². The highest BCUT2D eigenvalue weighted by molar-refractivity contribution is 5.78. The molecule has 2 heterocycles. The SMILES string of the molecule is O=C(O)N[C@@H]1CC[C@@]2(COC(N3CCc4ccccc4[C@@H]3c3ccc(F)cc3)=N2)C1. The van der Waals surface area contributed by atoms with Gasteiger partial charge in [-0.1, -0.05) is 36.4 Å². The lowest BCUT2D eigenvalue weighted by atomic mass is 9.88. The van der Waals surface area contributed by atoms with Gasteiger partial charge in [0.2, 0.25) is 0 Å². The highest BCUT2D eigenvalue weighted by Gasteiger charge is 2.46. The minimum Gasteiger partial charge on any atom is -0.465 e. The van der Waals surface area contributed by atoms with E-state index in [2.05, 4.69) is 22.3 Å². The number of fused-ring (bicyclic) bond motifs is 1. The predicted molar refractivity (Wildman–Crippen MR) is 110 cm³/mol. The fourth-order valence-electron chi connectivity index (χ4n) is 5.03. The molecule has 1 amide bonds. The summed E-state index contributed by atoms with van der Waals surface area (Å²) in [6.45, 7) is 1.22. The molecule has 156 valence electrons. The second-order valence-corrected chi connectivity index (χ2v) is 8.39. The third-order valence-corrected chi connectivity index (χ3v) is 6.43. The first-order chi connectivity index (χ1) is 14.5. The van der Waals surface area contributed by atoms with Crippen LogP contribution < -0.4 is 5.32 Å². The summed E-state index contributed by atoms with van der Waals surface area (Å²) in [6, 6.07) is 15.4. The van der Waals surface area contributed by atoms with Gasteiger partial charge in [-0.3, -0.25) is 0 Å². The molecule has 1 fully saturated rings. The van der Waals surface area contributed by atoms with E-state index in [0.29, 0.717) is 19.0 Å². The van der Waals surface area contributed by atoms with Crippen LogP contribution in [-0.4, -0.2) is 46.9 Å². The zero-order valence-corrected chi connectivity index (χ0v) is 16.6. The Labute approximate surface area is 174 Å². The quantitative estimate of drug-likeness (QED) is 0.793. The standard InChI is InChI=1S/C23H24FN3O3/c24-17-7-5-16(6-8-17)20-19-4-2-1-3-15(19)10-12-27(20)21-26-23(14-30-21)11-9-18(13-23)25-22(28)29/h1-8,18,20,25H,9-14H2,(H,28,29)/t18-,20+,23+/m1/s1. The van der Waals surface area contributed by atoms with Crippen molar-refractivity contribution in [2.45, 2.75) is 43.3 Å². The number of aliphatic imine (C=N–C) groups is 1. The average molecular weight is 409 g/mol. The number of ether oxygens (including phenoxy) is 1. The molecule has 1 spiro atoms. The van der Waals surface area contributed by atoms with Crippen LogP contribution in [0.3, 0.4) is 0 Å². The molecule has 6 nitrogen and oxygen atoms in total. The second kappa shape index (κ2) is 7.31. The summed E-state index contributed by atoms with van der Waals surface area (Å²) in [4.78, 5) is 18.1. The highest BCUT2D eigenvalue weighted by Crippen LogP contribution is 2.41. The Morgan fingerprint density at radius 2 is 2.03 bits per heavy atom. The zero-order chi connectivity index (χ0) is 20.7. The van der Waals surface area contributed by atoms with Crippen LogP contribution in [0.25, 0.3) is 0 Å². The Morgan fingerprint density at radius 3 is 2.83 bits per heavy atom. The van der Waals surface area contributed by atoms with Gasteiger partial charge in [-0.05, 0) is 54.5 Å². The van der Waals surface area contributed by atoms with Gasteiger partial charge in [0, 0.05) is 12.6 Å². The van der Waals surface area contributed by atoms with Gasteiger partial charge in [0.15, 0.2) is 0 Å². The third-order valence-electron chi connectivity index (χ3n) is 6.43. The molecule has 5 rings (SSSR count). The summed E-state index contributed by atoms with van der Waals surface area (Å²) in [5.41, 5.74) is 3.09. The van der Waals surface area contributed by atoms with Gasteiger partial charge in [0.25, 0.3) is 6.02 Å². The van der Waals surface area contributed by atoms with E-state index in [0.717, 1.165) is 31.4 Å². The molecule has 2 aromatic rings. The molecule has 3 aliphatic rings. The van der Waals surface area contributed by atoms with E-state index in [1.54, 1.807) is 0 Å². The summed E-state index contributed by atoms with van der Waals surface area (Å²) >= 11 is 0. The third kappa shape index (κ3) is 3.38. The molecule has 0 bridgehead atoms. The van der Waals surface area contributed by atoms with Gasteiger partial charge in [0.1, 0.15) is 18.0 Å². The molecule has 3 atom stereocenters. The molecule has 1 aliphatic carbocycles. The molecular weight excluding hydrogens is 385 g/mol. The predicted octanol–water partition coefficient (Wildman–Crippen LogP) is 3.72. The Kier molecular flexibility index (Phi) is 4.60. The molecule has 30 heavy (non-hydrogen) atoms. The van der Waals surface area contributed by atoms with Crippen molar-refractivity contribution in [3.8, 4) is 0 Å². The molecule has 0 saturated heterocycles. The number of hydrogen-bond donors (Lipinski definition) is 2. The van der Waals surface area contributed by atoms with Crippen molar-refractivity contribution in [1.82, 2.24) is 10.2 Å². The molecule has 2 N–H and O–H groups in total. The number of nitrogens with one attached hydrogen (secondary N) is 1. The average Bonchev–Trinajstić information content (AvgIpc) is 3.33. The number of amidine groups is 1. The number of hydrogen-bond acceptors (Lipinski definition) is 4. The van der Waals surface area contributed by atoms with Crippen molar-refractivity contribution in [1.29, 1.82) is 0 Å². The van der Waals surface area contributed by atoms with Crippen molar-refractivity contribution < 1.29 is 19.0 Å². The number of amides is 1. The summed E-state index contributed by atoms with van der Waals surface area (Å²) in [5.74, 6) is -0.259. The van der Waals surface area contributed by atoms with Crippen LogP contribution in [0.1, 0.15) is 42.0 Å². The maximum absolute atomic E-state index is 13.6. The number of halogens is 1.